The van der Waals surface area contributed by atoms with E-state index in [0.29, 0.717) is 12.0 Å². The number of aliphatic carboxylic acids is 1. The first-order chi connectivity index (χ1) is 6.54. The Hall–Kier alpha value is -0.570. The van der Waals surface area contributed by atoms with E-state index in [0.717, 1.165) is 0 Å². The molecule has 0 aromatic rings. The van der Waals surface area contributed by atoms with E-state index in [2.05, 4.69) is 6.92 Å². The lowest BCUT2D eigenvalue weighted by atomic mass is 9.97. The van der Waals surface area contributed by atoms with Crippen LogP contribution in [0.15, 0.2) is 0 Å². The number of carboxylic acid groups (broad SMARTS) is 1. The van der Waals surface area contributed by atoms with Crippen molar-refractivity contribution >= 4 is 5.97 Å². The van der Waals surface area contributed by atoms with Gasteiger partial charge in [0.25, 0.3) is 0 Å². The number of carbonyl (C=O) groups is 1. The van der Waals surface area contributed by atoms with E-state index in [9.17, 15) is 4.79 Å². The van der Waals surface area contributed by atoms with Crippen LogP contribution in [0.3, 0.4) is 0 Å². The van der Waals surface area contributed by atoms with E-state index >= 15 is 0 Å². The van der Waals surface area contributed by atoms with Gasteiger partial charge in [0.05, 0.1) is 0 Å². The van der Waals surface area contributed by atoms with Crippen LogP contribution in [0.25, 0.3) is 0 Å². The summed E-state index contributed by atoms with van der Waals surface area (Å²) in [6.07, 6.45) is 5.14. The van der Waals surface area contributed by atoms with Gasteiger partial charge in [-0.3, -0.25) is 9.69 Å². The molecule has 0 aliphatic heterocycles. The molecule has 0 heterocycles. The highest BCUT2D eigenvalue weighted by Gasteiger charge is 2.28. The van der Waals surface area contributed by atoms with E-state index in [1.165, 1.54) is 25.7 Å². The minimum absolute atomic E-state index is 0.370. The van der Waals surface area contributed by atoms with Gasteiger partial charge in [0.15, 0.2) is 0 Å². The van der Waals surface area contributed by atoms with Crippen molar-refractivity contribution in [3.8, 4) is 0 Å². The SMILES string of the molecule is CC(C(=O)O)N(C)C(C)C1CCCC1. The third-order valence-electron chi connectivity index (χ3n) is 3.69. The fourth-order valence-electron chi connectivity index (χ4n) is 2.30. The van der Waals surface area contributed by atoms with Crippen molar-refractivity contribution in [2.45, 2.75) is 51.6 Å². The lowest BCUT2D eigenvalue weighted by molar-refractivity contribution is -0.143. The van der Waals surface area contributed by atoms with Crippen molar-refractivity contribution in [1.29, 1.82) is 0 Å². The fraction of sp³-hybridized carbons (Fsp3) is 0.909. The lowest BCUT2D eigenvalue weighted by Gasteiger charge is -2.32. The first kappa shape index (κ1) is 11.5. The Bertz CT molecular complexity index is 199. The van der Waals surface area contributed by atoms with Gasteiger partial charge in [0.1, 0.15) is 6.04 Å². The third kappa shape index (κ3) is 2.47. The molecule has 0 spiro atoms. The summed E-state index contributed by atoms with van der Waals surface area (Å²) in [5.74, 6) is -0.0286. The minimum atomic E-state index is -0.725. The van der Waals surface area contributed by atoms with Crippen LogP contribution in [0.2, 0.25) is 0 Å². The van der Waals surface area contributed by atoms with E-state index in [4.69, 9.17) is 5.11 Å². The summed E-state index contributed by atoms with van der Waals surface area (Å²) >= 11 is 0. The molecule has 3 heteroatoms. The van der Waals surface area contributed by atoms with E-state index in [1.807, 2.05) is 11.9 Å². The monoisotopic (exact) mass is 199 g/mol. The largest absolute Gasteiger partial charge is 0.480 e. The van der Waals surface area contributed by atoms with Crippen LogP contribution in [0.1, 0.15) is 39.5 Å². The van der Waals surface area contributed by atoms with Gasteiger partial charge >= 0.3 is 5.97 Å². The van der Waals surface area contributed by atoms with Gasteiger partial charge in [-0.2, -0.15) is 0 Å². The Morgan fingerprint density at radius 2 is 1.86 bits per heavy atom. The second-order valence-electron chi connectivity index (χ2n) is 4.46. The highest BCUT2D eigenvalue weighted by atomic mass is 16.4. The molecule has 1 saturated carbocycles. The number of carboxylic acids is 1. The minimum Gasteiger partial charge on any atom is -0.480 e. The number of nitrogens with zero attached hydrogens (tertiary/aromatic N) is 1. The van der Waals surface area contributed by atoms with Gasteiger partial charge < -0.3 is 5.11 Å². The van der Waals surface area contributed by atoms with Crippen LogP contribution in [0.4, 0.5) is 0 Å². The predicted molar refractivity (Wildman–Crippen MR) is 56.3 cm³/mol. The summed E-state index contributed by atoms with van der Waals surface area (Å²) in [6.45, 7) is 3.91. The van der Waals surface area contributed by atoms with Crippen molar-refractivity contribution in [3.05, 3.63) is 0 Å². The van der Waals surface area contributed by atoms with Crippen LogP contribution in [-0.2, 0) is 4.79 Å². The maximum atomic E-state index is 10.8. The molecule has 0 aromatic heterocycles. The Balaban J connectivity index is 2.49. The standard InChI is InChI=1S/C11H21NO2/c1-8(10-6-4-5-7-10)12(3)9(2)11(13)14/h8-10H,4-7H2,1-3H3,(H,13,14). The molecule has 0 bridgehead atoms. The zero-order valence-corrected chi connectivity index (χ0v) is 9.36. The molecule has 1 aliphatic carbocycles. The molecular weight excluding hydrogens is 178 g/mol. The smallest absolute Gasteiger partial charge is 0.320 e. The highest BCUT2D eigenvalue weighted by Crippen LogP contribution is 2.30. The summed E-state index contributed by atoms with van der Waals surface area (Å²) in [7, 11) is 1.92. The average Bonchev–Trinajstić information content (AvgIpc) is 2.67. The second-order valence-corrected chi connectivity index (χ2v) is 4.46. The van der Waals surface area contributed by atoms with Crippen molar-refractivity contribution in [3.63, 3.8) is 0 Å². The first-order valence-corrected chi connectivity index (χ1v) is 5.48. The number of hydrogen-bond donors (Lipinski definition) is 1. The zero-order valence-electron chi connectivity index (χ0n) is 9.36. The fourth-order valence-corrected chi connectivity index (χ4v) is 2.30. The quantitative estimate of drug-likeness (QED) is 0.752. The van der Waals surface area contributed by atoms with Gasteiger partial charge in [0.2, 0.25) is 0 Å². The molecule has 1 fully saturated rings. The normalized spacial score (nSPS) is 22.6. The Morgan fingerprint density at radius 1 is 1.36 bits per heavy atom. The van der Waals surface area contributed by atoms with Crippen LogP contribution in [-0.4, -0.2) is 35.1 Å². The van der Waals surface area contributed by atoms with Gasteiger partial charge in [-0.05, 0) is 39.7 Å². The van der Waals surface area contributed by atoms with Crippen molar-refractivity contribution in [2.75, 3.05) is 7.05 Å². The lowest BCUT2D eigenvalue weighted by Crippen LogP contribution is -2.44. The number of likely N-dealkylation sites (N-methyl/N-ethyl adjacent to an activating group) is 1. The van der Waals surface area contributed by atoms with Crippen LogP contribution in [0, 0.1) is 5.92 Å². The van der Waals surface area contributed by atoms with E-state index in [-0.39, 0.29) is 6.04 Å². The topological polar surface area (TPSA) is 40.5 Å². The van der Waals surface area contributed by atoms with Crippen LogP contribution < -0.4 is 0 Å². The zero-order chi connectivity index (χ0) is 10.7. The molecule has 0 radical (unpaired) electrons. The molecule has 0 amide bonds. The molecule has 2 atom stereocenters. The Labute approximate surface area is 86.1 Å². The summed E-state index contributed by atoms with van der Waals surface area (Å²) < 4.78 is 0. The molecule has 0 aromatic carbocycles. The van der Waals surface area contributed by atoms with Crippen molar-refractivity contribution in [1.82, 2.24) is 4.90 Å². The first-order valence-electron chi connectivity index (χ1n) is 5.48. The Kier molecular flexibility index (Phi) is 3.93. The maximum Gasteiger partial charge on any atom is 0.320 e. The van der Waals surface area contributed by atoms with Crippen LogP contribution >= 0.6 is 0 Å². The van der Waals surface area contributed by atoms with Gasteiger partial charge in [-0.25, -0.2) is 0 Å². The maximum absolute atomic E-state index is 10.8. The molecule has 1 rings (SSSR count). The summed E-state index contributed by atoms with van der Waals surface area (Å²) in [6, 6.07) is 0.0224. The van der Waals surface area contributed by atoms with Gasteiger partial charge in [0, 0.05) is 6.04 Å². The second kappa shape index (κ2) is 4.78. The Morgan fingerprint density at radius 3 is 2.29 bits per heavy atom. The summed E-state index contributed by atoms with van der Waals surface area (Å²) in [5, 5.41) is 8.90. The summed E-state index contributed by atoms with van der Waals surface area (Å²) in [4.78, 5) is 12.8. The molecular formula is C11H21NO2. The van der Waals surface area contributed by atoms with E-state index in [1.54, 1.807) is 6.92 Å². The van der Waals surface area contributed by atoms with Crippen molar-refractivity contribution in [2.24, 2.45) is 5.92 Å². The average molecular weight is 199 g/mol. The van der Waals surface area contributed by atoms with Crippen molar-refractivity contribution < 1.29 is 9.90 Å². The predicted octanol–water partition coefficient (Wildman–Crippen LogP) is 1.97. The van der Waals surface area contributed by atoms with Gasteiger partial charge in [-0.15, -0.1) is 0 Å². The molecule has 2 unspecified atom stereocenters. The van der Waals surface area contributed by atoms with Crippen LogP contribution in [0.5, 0.6) is 0 Å². The third-order valence-corrected chi connectivity index (χ3v) is 3.69. The number of rotatable bonds is 4. The molecule has 1 N–H and O–H groups in total. The molecule has 0 saturated heterocycles. The molecule has 14 heavy (non-hydrogen) atoms. The molecule has 1 aliphatic rings. The molecule has 3 nitrogen and oxygen atoms in total. The molecule has 82 valence electrons. The van der Waals surface area contributed by atoms with E-state index < -0.39 is 5.97 Å². The van der Waals surface area contributed by atoms with Gasteiger partial charge in [-0.1, -0.05) is 12.8 Å². The number of hydrogen-bond acceptors (Lipinski definition) is 2. The summed E-state index contributed by atoms with van der Waals surface area (Å²) in [5.41, 5.74) is 0. The highest BCUT2D eigenvalue weighted by molar-refractivity contribution is 5.72.